The molecule has 0 bridgehead atoms. The highest BCUT2D eigenvalue weighted by atomic mass is 16.5. The molecule has 6 nitrogen and oxygen atoms in total. The minimum Gasteiger partial charge on any atom is -0.492 e. The van der Waals surface area contributed by atoms with Gasteiger partial charge in [0.05, 0.1) is 0 Å². The molecule has 0 saturated heterocycles. The van der Waals surface area contributed by atoms with Crippen molar-refractivity contribution in [3.8, 4) is 11.5 Å². The van der Waals surface area contributed by atoms with E-state index in [9.17, 15) is 4.79 Å². The zero-order valence-corrected chi connectivity index (χ0v) is 9.52. The van der Waals surface area contributed by atoms with Crippen molar-refractivity contribution in [1.82, 2.24) is 0 Å². The maximum absolute atomic E-state index is 11.1. The summed E-state index contributed by atoms with van der Waals surface area (Å²) in [6.45, 7) is 1.50. The third kappa shape index (κ3) is 4.29. The summed E-state index contributed by atoms with van der Waals surface area (Å²) in [5, 5.41) is 0. The number of carbonyl (C=O) groups excluding carboxylic acids is 1. The first-order chi connectivity index (χ1) is 8.17. The van der Waals surface area contributed by atoms with Crippen LogP contribution in [0.4, 0.5) is 0 Å². The van der Waals surface area contributed by atoms with Gasteiger partial charge in [-0.05, 0) is 12.1 Å². The van der Waals surface area contributed by atoms with Gasteiger partial charge in [0, 0.05) is 24.7 Å². The Morgan fingerprint density at radius 1 is 1.00 bits per heavy atom. The molecule has 0 aliphatic rings. The van der Waals surface area contributed by atoms with Crippen LogP contribution in [0.3, 0.4) is 0 Å². The molecule has 1 rings (SSSR count). The lowest BCUT2D eigenvalue weighted by Crippen LogP contribution is -2.14. The molecule has 0 spiro atoms. The predicted octanol–water partition coefficient (Wildman–Crippen LogP) is -0.539. The number of hydrogen-bond donors (Lipinski definition) is 3. The Labute approximate surface area is 99.7 Å². The number of ether oxygens (including phenoxy) is 2. The maximum atomic E-state index is 11.1. The average molecular weight is 239 g/mol. The molecule has 6 N–H and O–H groups in total. The average Bonchev–Trinajstić information content (AvgIpc) is 2.33. The summed E-state index contributed by atoms with van der Waals surface area (Å²) in [4.78, 5) is 11.1. The molecule has 0 aliphatic carbocycles. The Morgan fingerprint density at radius 2 is 1.47 bits per heavy atom. The van der Waals surface area contributed by atoms with Gasteiger partial charge in [0.25, 0.3) is 0 Å². The van der Waals surface area contributed by atoms with E-state index in [-0.39, 0.29) is 0 Å². The molecule has 1 amide bonds. The van der Waals surface area contributed by atoms with Crippen LogP contribution in [0, 0.1) is 0 Å². The zero-order chi connectivity index (χ0) is 12.7. The second-order valence-electron chi connectivity index (χ2n) is 3.33. The van der Waals surface area contributed by atoms with Crippen LogP contribution in [0.25, 0.3) is 0 Å². The molecule has 94 valence electrons. The molecule has 1 aromatic rings. The number of primary amides is 1. The van der Waals surface area contributed by atoms with Crippen LogP contribution in [0.15, 0.2) is 18.2 Å². The van der Waals surface area contributed by atoms with E-state index in [1.54, 1.807) is 18.2 Å². The predicted molar refractivity (Wildman–Crippen MR) is 64.1 cm³/mol. The van der Waals surface area contributed by atoms with Crippen molar-refractivity contribution in [2.45, 2.75) is 0 Å². The summed E-state index contributed by atoms with van der Waals surface area (Å²) < 4.78 is 10.6. The second-order valence-corrected chi connectivity index (χ2v) is 3.33. The summed E-state index contributed by atoms with van der Waals surface area (Å²) in [6, 6.07) is 4.76. The number of amides is 1. The molecule has 0 fully saturated rings. The van der Waals surface area contributed by atoms with Crippen molar-refractivity contribution in [3.63, 3.8) is 0 Å². The van der Waals surface area contributed by atoms with Gasteiger partial charge in [-0.15, -0.1) is 0 Å². The molecule has 0 aromatic heterocycles. The molecule has 0 unspecified atom stereocenters. The van der Waals surface area contributed by atoms with Crippen LogP contribution in [0.5, 0.6) is 11.5 Å². The van der Waals surface area contributed by atoms with E-state index in [0.717, 1.165) is 0 Å². The fourth-order valence-corrected chi connectivity index (χ4v) is 1.23. The molecule has 0 atom stereocenters. The normalized spacial score (nSPS) is 10.0. The standard InChI is InChI=1S/C11H17N3O3/c12-1-3-16-9-5-8(11(14)15)6-10(7-9)17-4-2-13/h5-7H,1-4,12-13H2,(H2,14,15). The molecular weight excluding hydrogens is 222 g/mol. The summed E-state index contributed by atoms with van der Waals surface area (Å²) >= 11 is 0. The van der Waals surface area contributed by atoms with Gasteiger partial charge in [0.1, 0.15) is 24.7 Å². The molecule has 1 aromatic carbocycles. The molecule has 0 heterocycles. The largest absolute Gasteiger partial charge is 0.492 e. The van der Waals surface area contributed by atoms with E-state index in [1.165, 1.54) is 0 Å². The highest BCUT2D eigenvalue weighted by Crippen LogP contribution is 2.22. The van der Waals surface area contributed by atoms with Crippen LogP contribution in [0.2, 0.25) is 0 Å². The smallest absolute Gasteiger partial charge is 0.248 e. The maximum Gasteiger partial charge on any atom is 0.248 e. The van der Waals surface area contributed by atoms with Gasteiger partial charge in [-0.25, -0.2) is 0 Å². The first-order valence-corrected chi connectivity index (χ1v) is 5.28. The summed E-state index contributed by atoms with van der Waals surface area (Å²) in [5.41, 5.74) is 16.2. The van der Waals surface area contributed by atoms with E-state index < -0.39 is 5.91 Å². The fourth-order valence-electron chi connectivity index (χ4n) is 1.23. The minimum absolute atomic E-state index is 0.326. The molecule has 17 heavy (non-hydrogen) atoms. The summed E-state index contributed by atoms with van der Waals surface area (Å²) in [5.74, 6) is 0.457. The Hall–Kier alpha value is -1.79. The Balaban J connectivity index is 2.88. The van der Waals surface area contributed by atoms with E-state index >= 15 is 0 Å². The molecule has 0 aliphatic heterocycles. The lowest BCUT2D eigenvalue weighted by molar-refractivity contribution is 0.0999. The van der Waals surface area contributed by atoms with E-state index in [1.807, 2.05) is 0 Å². The number of hydrogen-bond acceptors (Lipinski definition) is 5. The lowest BCUT2D eigenvalue weighted by Gasteiger charge is -2.10. The van der Waals surface area contributed by atoms with E-state index in [0.29, 0.717) is 43.4 Å². The summed E-state index contributed by atoms with van der Waals surface area (Å²) in [6.07, 6.45) is 0. The number of nitrogens with two attached hydrogens (primary N) is 3. The molecular formula is C11H17N3O3. The number of carbonyl (C=O) groups is 1. The third-order valence-electron chi connectivity index (χ3n) is 1.94. The van der Waals surface area contributed by atoms with Crippen molar-refractivity contribution in [2.75, 3.05) is 26.3 Å². The van der Waals surface area contributed by atoms with Gasteiger partial charge in [-0.3, -0.25) is 4.79 Å². The highest BCUT2D eigenvalue weighted by Gasteiger charge is 2.07. The topological polar surface area (TPSA) is 114 Å². The summed E-state index contributed by atoms with van der Waals surface area (Å²) in [7, 11) is 0. The third-order valence-corrected chi connectivity index (χ3v) is 1.94. The molecule has 0 radical (unpaired) electrons. The van der Waals surface area contributed by atoms with Crippen LogP contribution in [-0.4, -0.2) is 32.2 Å². The second kappa shape index (κ2) is 6.72. The number of rotatable bonds is 7. The van der Waals surface area contributed by atoms with Gasteiger partial charge >= 0.3 is 0 Å². The van der Waals surface area contributed by atoms with Gasteiger partial charge < -0.3 is 26.7 Å². The SMILES string of the molecule is NCCOc1cc(OCCN)cc(C(N)=O)c1. The van der Waals surface area contributed by atoms with Crippen molar-refractivity contribution in [1.29, 1.82) is 0 Å². The van der Waals surface area contributed by atoms with Crippen LogP contribution in [0.1, 0.15) is 10.4 Å². The Morgan fingerprint density at radius 3 is 1.82 bits per heavy atom. The Kier molecular flexibility index (Phi) is 5.25. The first kappa shape index (κ1) is 13.3. The van der Waals surface area contributed by atoms with E-state index in [4.69, 9.17) is 26.7 Å². The van der Waals surface area contributed by atoms with Crippen LogP contribution >= 0.6 is 0 Å². The van der Waals surface area contributed by atoms with Crippen LogP contribution < -0.4 is 26.7 Å². The molecule has 0 saturated carbocycles. The van der Waals surface area contributed by atoms with Gasteiger partial charge in [0.15, 0.2) is 0 Å². The van der Waals surface area contributed by atoms with Crippen molar-refractivity contribution >= 4 is 5.91 Å². The number of benzene rings is 1. The quantitative estimate of drug-likeness (QED) is 0.591. The lowest BCUT2D eigenvalue weighted by atomic mass is 10.2. The zero-order valence-electron chi connectivity index (χ0n) is 9.52. The first-order valence-electron chi connectivity index (χ1n) is 5.28. The van der Waals surface area contributed by atoms with E-state index in [2.05, 4.69) is 0 Å². The minimum atomic E-state index is -0.541. The van der Waals surface area contributed by atoms with Crippen molar-refractivity contribution in [2.24, 2.45) is 17.2 Å². The van der Waals surface area contributed by atoms with Gasteiger partial charge in [0.2, 0.25) is 5.91 Å². The fraction of sp³-hybridized carbons (Fsp3) is 0.364. The monoisotopic (exact) mass is 239 g/mol. The van der Waals surface area contributed by atoms with Crippen molar-refractivity contribution < 1.29 is 14.3 Å². The molecule has 6 heteroatoms. The van der Waals surface area contributed by atoms with Gasteiger partial charge in [-0.1, -0.05) is 0 Å². The Bertz CT molecular complexity index is 356. The highest BCUT2D eigenvalue weighted by molar-refractivity contribution is 5.93. The van der Waals surface area contributed by atoms with Crippen LogP contribution in [-0.2, 0) is 0 Å². The van der Waals surface area contributed by atoms with Gasteiger partial charge in [-0.2, -0.15) is 0 Å². The van der Waals surface area contributed by atoms with Crippen molar-refractivity contribution in [3.05, 3.63) is 23.8 Å².